The topological polar surface area (TPSA) is 89.0 Å². The Hall–Kier alpha value is -4.13. The van der Waals surface area contributed by atoms with Crippen LogP contribution < -0.4 is 14.4 Å². The van der Waals surface area contributed by atoms with Crippen molar-refractivity contribution >= 4 is 23.1 Å². The molecule has 4 rings (SSSR count). The molecule has 1 aliphatic rings. The molecule has 7 heteroatoms. The van der Waals surface area contributed by atoms with Crippen LogP contribution in [-0.4, -0.2) is 35.5 Å². The van der Waals surface area contributed by atoms with Crippen LogP contribution in [0.15, 0.2) is 78.5 Å². The Morgan fingerprint density at radius 1 is 1.03 bits per heavy atom. The van der Waals surface area contributed by atoms with Crippen molar-refractivity contribution in [3.63, 3.8) is 0 Å². The van der Waals surface area contributed by atoms with Gasteiger partial charge in [0, 0.05) is 23.5 Å². The fourth-order valence-corrected chi connectivity index (χ4v) is 3.83. The fraction of sp³-hybridized carbons (Fsp3) is 0.222. The molecule has 1 aromatic heterocycles. The predicted octanol–water partition coefficient (Wildman–Crippen LogP) is 4.75. The second kappa shape index (κ2) is 9.79. The third-order valence-corrected chi connectivity index (χ3v) is 5.43. The molecule has 1 fully saturated rings. The number of benzene rings is 2. The molecule has 34 heavy (non-hydrogen) atoms. The van der Waals surface area contributed by atoms with Gasteiger partial charge in [0.1, 0.15) is 23.3 Å². The molecule has 1 atom stereocenters. The molecule has 0 saturated carbocycles. The van der Waals surface area contributed by atoms with Crippen molar-refractivity contribution in [3.05, 3.63) is 89.8 Å². The number of pyridine rings is 1. The van der Waals surface area contributed by atoms with Crippen LogP contribution in [0.5, 0.6) is 11.5 Å². The van der Waals surface area contributed by atoms with E-state index in [4.69, 9.17) is 9.47 Å². The summed E-state index contributed by atoms with van der Waals surface area (Å²) in [5.74, 6) is -0.394. The Bertz CT molecular complexity index is 1240. The minimum atomic E-state index is -0.909. The van der Waals surface area contributed by atoms with E-state index in [0.717, 1.165) is 0 Å². The molecule has 1 aliphatic heterocycles. The van der Waals surface area contributed by atoms with Crippen LogP contribution in [0.3, 0.4) is 0 Å². The SMILES string of the molecule is COc1cccc(N2C(=O)C(=O)/C(=C(/O)c3cccc(OCC(C)C)c3)C2c2ccccn2)c1. The van der Waals surface area contributed by atoms with E-state index >= 15 is 0 Å². The molecule has 1 unspecified atom stereocenters. The smallest absolute Gasteiger partial charge is 0.300 e. The molecule has 3 aromatic rings. The lowest BCUT2D eigenvalue weighted by atomic mass is 9.98. The summed E-state index contributed by atoms with van der Waals surface area (Å²) in [5.41, 5.74) is 1.27. The van der Waals surface area contributed by atoms with E-state index in [0.29, 0.717) is 41.0 Å². The van der Waals surface area contributed by atoms with Gasteiger partial charge in [-0.25, -0.2) is 0 Å². The molecule has 2 aromatic carbocycles. The van der Waals surface area contributed by atoms with Crippen LogP contribution in [0.4, 0.5) is 5.69 Å². The highest BCUT2D eigenvalue weighted by Gasteiger charge is 2.47. The van der Waals surface area contributed by atoms with Gasteiger partial charge >= 0.3 is 0 Å². The van der Waals surface area contributed by atoms with E-state index in [9.17, 15) is 14.7 Å². The summed E-state index contributed by atoms with van der Waals surface area (Å²) in [7, 11) is 1.53. The molecule has 0 aliphatic carbocycles. The maximum atomic E-state index is 13.2. The van der Waals surface area contributed by atoms with Crippen molar-refractivity contribution in [1.82, 2.24) is 4.98 Å². The summed E-state index contributed by atoms with van der Waals surface area (Å²) in [6.07, 6.45) is 1.58. The number of anilines is 1. The summed E-state index contributed by atoms with van der Waals surface area (Å²) in [6.45, 7) is 4.59. The molecular weight excluding hydrogens is 432 g/mol. The molecule has 7 nitrogen and oxygen atoms in total. The van der Waals surface area contributed by atoms with Crippen LogP contribution in [0.1, 0.15) is 31.1 Å². The number of ether oxygens (including phenoxy) is 2. The van der Waals surface area contributed by atoms with Crippen molar-refractivity contribution in [2.24, 2.45) is 5.92 Å². The zero-order valence-corrected chi connectivity index (χ0v) is 19.3. The number of aliphatic hydroxyl groups excluding tert-OH is 1. The lowest BCUT2D eigenvalue weighted by Gasteiger charge is -2.25. The van der Waals surface area contributed by atoms with Crippen molar-refractivity contribution < 1.29 is 24.2 Å². The van der Waals surface area contributed by atoms with Crippen LogP contribution in [0.25, 0.3) is 5.76 Å². The molecule has 2 heterocycles. The van der Waals surface area contributed by atoms with E-state index in [1.807, 2.05) is 13.8 Å². The summed E-state index contributed by atoms with van der Waals surface area (Å²) < 4.78 is 11.1. The van der Waals surface area contributed by atoms with Gasteiger partial charge in [0.2, 0.25) is 0 Å². The van der Waals surface area contributed by atoms with Crippen LogP contribution in [-0.2, 0) is 9.59 Å². The first-order valence-corrected chi connectivity index (χ1v) is 11.0. The number of methoxy groups -OCH3 is 1. The molecular formula is C27H26N2O5. The van der Waals surface area contributed by atoms with Gasteiger partial charge in [-0.3, -0.25) is 19.5 Å². The van der Waals surface area contributed by atoms with Gasteiger partial charge in [0.15, 0.2) is 0 Å². The number of ketones is 1. The first kappa shape index (κ1) is 23.0. The van der Waals surface area contributed by atoms with Gasteiger partial charge < -0.3 is 14.6 Å². The van der Waals surface area contributed by atoms with E-state index in [2.05, 4.69) is 4.98 Å². The molecule has 0 radical (unpaired) electrons. The summed E-state index contributed by atoms with van der Waals surface area (Å²) in [5, 5.41) is 11.3. The van der Waals surface area contributed by atoms with E-state index in [1.165, 1.54) is 12.0 Å². The molecule has 0 spiro atoms. The van der Waals surface area contributed by atoms with Gasteiger partial charge in [-0.15, -0.1) is 0 Å². The number of Topliss-reactive ketones (excluding diaryl/α,β-unsaturated/α-hetero) is 1. The average molecular weight is 459 g/mol. The monoisotopic (exact) mass is 458 g/mol. The number of hydrogen-bond donors (Lipinski definition) is 1. The first-order valence-electron chi connectivity index (χ1n) is 11.0. The van der Waals surface area contributed by atoms with E-state index in [-0.39, 0.29) is 11.3 Å². The first-order chi connectivity index (χ1) is 16.4. The highest BCUT2D eigenvalue weighted by Crippen LogP contribution is 2.42. The molecule has 0 bridgehead atoms. The van der Waals surface area contributed by atoms with Gasteiger partial charge in [0.05, 0.1) is 25.0 Å². The Morgan fingerprint density at radius 3 is 2.50 bits per heavy atom. The second-order valence-corrected chi connectivity index (χ2v) is 8.36. The number of aliphatic hydroxyl groups is 1. The molecule has 1 amide bonds. The van der Waals surface area contributed by atoms with Crippen molar-refractivity contribution in [2.75, 3.05) is 18.6 Å². The summed E-state index contributed by atoms with van der Waals surface area (Å²) >= 11 is 0. The molecule has 1 N–H and O–H groups in total. The Kier molecular flexibility index (Phi) is 6.63. The molecule has 1 saturated heterocycles. The van der Waals surface area contributed by atoms with Gasteiger partial charge in [-0.2, -0.15) is 0 Å². The fourth-order valence-electron chi connectivity index (χ4n) is 3.83. The normalized spacial score (nSPS) is 17.3. The number of carbonyl (C=O) groups excluding carboxylic acids is 2. The van der Waals surface area contributed by atoms with E-state index < -0.39 is 17.7 Å². The lowest BCUT2D eigenvalue weighted by molar-refractivity contribution is -0.132. The van der Waals surface area contributed by atoms with Gasteiger partial charge in [-0.05, 0) is 42.3 Å². The Labute approximate surface area is 198 Å². The van der Waals surface area contributed by atoms with Crippen molar-refractivity contribution in [3.8, 4) is 11.5 Å². The maximum Gasteiger partial charge on any atom is 0.300 e. The van der Waals surface area contributed by atoms with Crippen LogP contribution in [0.2, 0.25) is 0 Å². The third kappa shape index (κ3) is 4.50. The number of nitrogens with zero attached hydrogens (tertiary/aromatic N) is 2. The number of amides is 1. The number of hydrogen-bond acceptors (Lipinski definition) is 6. The number of carbonyl (C=O) groups is 2. The molecule has 174 valence electrons. The maximum absolute atomic E-state index is 13.2. The zero-order valence-electron chi connectivity index (χ0n) is 19.3. The highest BCUT2D eigenvalue weighted by molar-refractivity contribution is 6.51. The number of rotatable bonds is 7. The van der Waals surface area contributed by atoms with Crippen LogP contribution >= 0.6 is 0 Å². The quantitative estimate of drug-likeness (QED) is 0.312. The van der Waals surface area contributed by atoms with E-state index in [1.54, 1.807) is 72.9 Å². The average Bonchev–Trinajstić information content (AvgIpc) is 3.13. The van der Waals surface area contributed by atoms with Crippen molar-refractivity contribution in [1.29, 1.82) is 0 Å². The van der Waals surface area contributed by atoms with Crippen molar-refractivity contribution in [2.45, 2.75) is 19.9 Å². The lowest BCUT2D eigenvalue weighted by Crippen LogP contribution is -2.29. The largest absolute Gasteiger partial charge is 0.507 e. The minimum Gasteiger partial charge on any atom is -0.507 e. The standard InChI is InChI=1S/C27H26N2O5/c1-17(2)16-34-21-11-6-8-18(14-21)25(30)23-24(22-12-4-5-13-28-22)29(27(32)26(23)31)19-9-7-10-20(15-19)33-3/h4-15,17,24,30H,16H2,1-3H3/b25-23+. The van der Waals surface area contributed by atoms with Gasteiger partial charge in [0.25, 0.3) is 11.7 Å². The summed E-state index contributed by atoms with van der Waals surface area (Å²) in [6, 6.07) is 18.0. The van der Waals surface area contributed by atoms with Gasteiger partial charge in [-0.1, -0.05) is 38.1 Å². The highest BCUT2D eigenvalue weighted by atomic mass is 16.5. The number of aromatic nitrogens is 1. The summed E-state index contributed by atoms with van der Waals surface area (Å²) in [4.78, 5) is 32.2. The predicted molar refractivity (Wildman–Crippen MR) is 129 cm³/mol. The second-order valence-electron chi connectivity index (χ2n) is 8.36. The Morgan fingerprint density at radius 2 is 1.79 bits per heavy atom. The Balaban J connectivity index is 1.85. The third-order valence-electron chi connectivity index (χ3n) is 5.43. The zero-order chi connectivity index (χ0) is 24.2. The van der Waals surface area contributed by atoms with Crippen LogP contribution in [0, 0.1) is 5.92 Å². The minimum absolute atomic E-state index is 0.0347.